The van der Waals surface area contributed by atoms with Crippen molar-refractivity contribution in [1.29, 1.82) is 0 Å². The molecule has 0 heterocycles. The molecule has 3 rings (SSSR count). The SMILES string of the molecule is Cc1ccc(CCC(=O)NNC(=O)c2cccc(S(=O)(=O)NCc3ccccc3)c2)cc1. The second-order valence-corrected chi connectivity index (χ2v) is 9.09. The van der Waals surface area contributed by atoms with Crippen LogP contribution >= 0.6 is 0 Å². The molecule has 0 aliphatic heterocycles. The molecule has 3 aromatic carbocycles. The molecule has 8 heteroatoms. The monoisotopic (exact) mass is 451 g/mol. The zero-order valence-electron chi connectivity index (χ0n) is 17.7. The first-order valence-corrected chi connectivity index (χ1v) is 11.6. The second kappa shape index (κ2) is 10.7. The number of carbonyl (C=O) groups excluding carboxylic acids is 2. The Labute approximate surface area is 187 Å². The van der Waals surface area contributed by atoms with Gasteiger partial charge in [0.2, 0.25) is 15.9 Å². The van der Waals surface area contributed by atoms with Gasteiger partial charge in [-0.3, -0.25) is 20.4 Å². The molecule has 0 aliphatic carbocycles. The average Bonchev–Trinajstić information content (AvgIpc) is 2.81. The molecule has 0 aromatic heterocycles. The van der Waals surface area contributed by atoms with E-state index in [1.807, 2.05) is 61.5 Å². The van der Waals surface area contributed by atoms with E-state index >= 15 is 0 Å². The average molecular weight is 452 g/mol. The molecule has 3 aromatic rings. The lowest BCUT2D eigenvalue weighted by molar-refractivity contribution is -0.121. The third-order valence-electron chi connectivity index (χ3n) is 4.79. The molecule has 2 amide bonds. The van der Waals surface area contributed by atoms with Gasteiger partial charge in [-0.2, -0.15) is 0 Å². The summed E-state index contributed by atoms with van der Waals surface area (Å²) in [7, 11) is -3.81. The van der Waals surface area contributed by atoms with Gasteiger partial charge in [0, 0.05) is 18.5 Å². The summed E-state index contributed by atoms with van der Waals surface area (Å²) >= 11 is 0. The van der Waals surface area contributed by atoms with Gasteiger partial charge in [-0.15, -0.1) is 0 Å². The number of amides is 2. The minimum Gasteiger partial charge on any atom is -0.273 e. The van der Waals surface area contributed by atoms with Gasteiger partial charge in [-0.25, -0.2) is 13.1 Å². The van der Waals surface area contributed by atoms with Crippen LogP contribution in [0.1, 0.15) is 33.5 Å². The Kier molecular flexibility index (Phi) is 7.75. The summed E-state index contributed by atoms with van der Waals surface area (Å²) in [6.07, 6.45) is 0.754. The van der Waals surface area contributed by atoms with Gasteiger partial charge in [-0.05, 0) is 42.7 Å². The highest BCUT2D eigenvalue weighted by molar-refractivity contribution is 7.89. The smallest absolute Gasteiger partial charge is 0.269 e. The van der Waals surface area contributed by atoms with E-state index < -0.39 is 15.9 Å². The number of hydrogen-bond donors (Lipinski definition) is 3. The quantitative estimate of drug-likeness (QED) is 0.458. The molecular weight excluding hydrogens is 426 g/mol. The van der Waals surface area contributed by atoms with Gasteiger partial charge in [0.1, 0.15) is 0 Å². The maximum atomic E-state index is 12.6. The lowest BCUT2D eigenvalue weighted by atomic mass is 10.1. The van der Waals surface area contributed by atoms with E-state index in [2.05, 4.69) is 15.6 Å². The molecule has 3 N–H and O–H groups in total. The minimum atomic E-state index is -3.81. The lowest BCUT2D eigenvalue weighted by Gasteiger charge is -2.10. The molecule has 0 bridgehead atoms. The van der Waals surface area contributed by atoms with Crippen molar-refractivity contribution in [3.05, 3.63) is 101 Å². The molecule has 0 radical (unpaired) electrons. The minimum absolute atomic E-state index is 0.0354. The molecular formula is C24H25N3O4S. The Morgan fingerprint density at radius 3 is 2.25 bits per heavy atom. The summed E-state index contributed by atoms with van der Waals surface area (Å²) in [6, 6.07) is 22.6. The molecule has 7 nitrogen and oxygen atoms in total. The van der Waals surface area contributed by atoms with Crippen LogP contribution in [-0.4, -0.2) is 20.2 Å². The molecule has 0 saturated carbocycles. The van der Waals surface area contributed by atoms with Gasteiger partial charge in [-0.1, -0.05) is 66.2 Å². The first-order valence-electron chi connectivity index (χ1n) is 10.1. The number of sulfonamides is 1. The van der Waals surface area contributed by atoms with Crippen molar-refractivity contribution in [2.45, 2.75) is 31.2 Å². The summed E-state index contributed by atoms with van der Waals surface area (Å²) in [4.78, 5) is 24.4. The van der Waals surface area contributed by atoms with E-state index in [9.17, 15) is 18.0 Å². The van der Waals surface area contributed by atoms with Crippen LogP contribution in [0.4, 0.5) is 0 Å². The Hall–Kier alpha value is -3.49. The van der Waals surface area contributed by atoms with Crippen LogP contribution < -0.4 is 15.6 Å². The molecule has 166 valence electrons. The number of rotatable bonds is 8. The predicted octanol–water partition coefficient (Wildman–Crippen LogP) is 2.87. The summed E-state index contributed by atoms with van der Waals surface area (Å²) in [5, 5.41) is 0. The van der Waals surface area contributed by atoms with Gasteiger partial charge < -0.3 is 0 Å². The zero-order valence-corrected chi connectivity index (χ0v) is 18.5. The number of nitrogens with one attached hydrogen (secondary N) is 3. The van der Waals surface area contributed by atoms with Crippen molar-refractivity contribution in [3.8, 4) is 0 Å². The van der Waals surface area contributed by atoms with Crippen LogP contribution in [0, 0.1) is 6.92 Å². The largest absolute Gasteiger partial charge is 0.273 e. The third kappa shape index (κ3) is 6.76. The highest BCUT2D eigenvalue weighted by Crippen LogP contribution is 2.12. The highest BCUT2D eigenvalue weighted by Gasteiger charge is 2.16. The van der Waals surface area contributed by atoms with E-state index in [-0.39, 0.29) is 29.3 Å². The normalized spacial score (nSPS) is 11.0. The zero-order chi connectivity index (χ0) is 23.0. The van der Waals surface area contributed by atoms with Crippen molar-refractivity contribution in [2.24, 2.45) is 0 Å². The van der Waals surface area contributed by atoms with E-state index in [1.165, 1.54) is 24.3 Å². The van der Waals surface area contributed by atoms with Crippen molar-refractivity contribution in [1.82, 2.24) is 15.6 Å². The first-order chi connectivity index (χ1) is 15.3. The Morgan fingerprint density at radius 2 is 1.53 bits per heavy atom. The maximum absolute atomic E-state index is 12.6. The Balaban J connectivity index is 1.53. The van der Waals surface area contributed by atoms with Crippen molar-refractivity contribution in [2.75, 3.05) is 0 Å². The van der Waals surface area contributed by atoms with E-state index in [0.717, 1.165) is 16.7 Å². The number of benzene rings is 3. The summed E-state index contributed by atoms with van der Waals surface area (Å²) in [6.45, 7) is 2.13. The molecule has 0 unspecified atom stereocenters. The van der Waals surface area contributed by atoms with Crippen LogP contribution in [0.15, 0.2) is 83.8 Å². The topological polar surface area (TPSA) is 104 Å². The molecule has 0 saturated heterocycles. The maximum Gasteiger partial charge on any atom is 0.269 e. The Morgan fingerprint density at radius 1 is 0.812 bits per heavy atom. The number of carbonyl (C=O) groups is 2. The first kappa shape index (κ1) is 23.2. The van der Waals surface area contributed by atoms with Crippen LogP contribution in [-0.2, 0) is 27.8 Å². The fourth-order valence-corrected chi connectivity index (χ4v) is 4.00. The molecule has 0 atom stereocenters. The number of aryl methyl sites for hydroxylation is 2. The number of hydrazine groups is 1. The van der Waals surface area contributed by atoms with Gasteiger partial charge in [0.15, 0.2) is 0 Å². The van der Waals surface area contributed by atoms with Crippen LogP contribution in [0.25, 0.3) is 0 Å². The third-order valence-corrected chi connectivity index (χ3v) is 6.19. The number of hydrogen-bond acceptors (Lipinski definition) is 4. The molecule has 0 spiro atoms. The standard InChI is InChI=1S/C24H25N3O4S/c1-18-10-12-19(13-11-18)14-15-23(28)26-27-24(29)21-8-5-9-22(16-21)32(30,31)25-17-20-6-3-2-4-7-20/h2-13,16,25H,14-15,17H2,1H3,(H,26,28)(H,27,29). The lowest BCUT2D eigenvalue weighted by Crippen LogP contribution is -2.41. The van der Waals surface area contributed by atoms with Gasteiger partial charge in [0.25, 0.3) is 5.91 Å². The van der Waals surface area contributed by atoms with Crippen LogP contribution in [0.3, 0.4) is 0 Å². The predicted molar refractivity (Wildman–Crippen MR) is 122 cm³/mol. The second-order valence-electron chi connectivity index (χ2n) is 7.33. The van der Waals surface area contributed by atoms with E-state index in [4.69, 9.17) is 0 Å². The van der Waals surface area contributed by atoms with Crippen molar-refractivity contribution in [3.63, 3.8) is 0 Å². The van der Waals surface area contributed by atoms with Crippen LogP contribution in [0.5, 0.6) is 0 Å². The highest BCUT2D eigenvalue weighted by atomic mass is 32.2. The molecule has 0 fully saturated rings. The van der Waals surface area contributed by atoms with E-state index in [1.54, 1.807) is 0 Å². The van der Waals surface area contributed by atoms with Crippen molar-refractivity contribution >= 4 is 21.8 Å². The van der Waals surface area contributed by atoms with Crippen LogP contribution in [0.2, 0.25) is 0 Å². The summed E-state index contributed by atoms with van der Waals surface area (Å²) in [5.74, 6) is -0.943. The summed E-state index contributed by atoms with van der Waals surface area (Å²) in [5.41, 5.74) is 7.80. The Bertz CT molecular complexity index is 1180. The van der Waals surface area contributed by atoms with E-state index in [0.29, 0.717) is 6.42 Å². The summed E-state index contributed by atoms with van der Waals surface area (Å²) < 4.78 is 27.7. The molecule has 0 aliphatic rings. The fourth-order valence-electron chi connectivity index (χ4n) is 2.94. The molecule has 32 heavy (non-hydrogen) atoms. The van der Waals surface area contributed by atoms with Crippen molar-refractivity contribution < 1.29 is 18.0 Å². The van der Waals surface area contributed by atoms with Gasteiger partial charge >= 0.3 is 0 Å². The fraction of sp³-hybridized carbons (Fsp3) is 0.167. The van der Waals surface area contributed by atoms with Gasteiger partial charge in [0.05, 0.1) is 4.90 Å².